The third-order valence-electron chi connectivity index (χ3n) is 4.61. The number of pyridine rings is 1. The van der Waals surface area contributed by atoms with Gasteiger partial charge in [0.05, 0.1) is 4.90 Å². The molecule has 0 saturated carbocycles. The van der Waals surface area contributed by atoms with Gasteiger partial charge in [-0.2, -0.15) is 4.31 Å². The number of carbonyl (C=O) groups is 1. The van der Waals surface area contributed by atoms with E-state index in [1.54, 1.807) is 18.3 Å². The second-order valence-corrected chi connectivity index (χ2v) is 8.74. The van der Waals surface area contributed by atoms with Gasteiger partial charge in [0.25, 0.3) is 5.91 Å². The molecule has 1 heterocycles. The quantitative estimate of drug-likeness (QED) is 0.394. The third kappa shape index (κ3) is 5.49. The second kappa shape index (κ2) is 9.90. The number of aromatic nitrogens is 1. The first-order valence-corrected chi connectivity index (χ1v) is 10.7. The van der Waals surface area contributed by atoms with Gasteiger partial charge in [0.2, 0.25) is 10.0 Å². The largest absolute Gasteiger partial charge is 0.288 e. The Morgan fingerprint density at radius 2 is 1.78 bits per heavy atom. The first-order chi connectivity index (χ1) is 15.2. The van der Waals surface area contributed by atoms with Crippen LogP contribution in [0.2, 0.25) is 0 Å². The Balaban J connectivity index is 1.96. The minimum Gasteiger partial charge on any atom is -0.288 e. The van der Waals surface area contributed by atoms with Crippen molar-refractivity contribution in [3.8, 4) is 0 Å². The zero-order valence-corrected chi connectivity index (χ0v) is 17.3. The highest BCUT2D eigenvalue weighted by molar-refractivity contribution is 7.89. The van der Waals surface area contributed by atoms with Crippen LogP contribution in [-0.2, 0) is 23.0 Å². The summed E-state index contributed by atoms with van der Waals surface area (Å²) in [6.07, 6.45) is 3.29. The predicted molar refractivity (Wildman–Crippen MR) is 108 cm³/mol. The molecule has 0 spiro atoms. The van der Waals surface area contributed by atoms with Gasteiger partial charge in [-0.3, -0.25) is 15.0 Å². The van der Waals surface area contributed by atoms with E-state index in [1.165, 1.54) is 23.8 Å². The number of carbonyl (C=O) groups excluding carboxylic acids is 1. The SMILES string of the molecule is O=C(NO)c1ccc(CN(CCc2cccnc2)S(=O)(=O)c2cc(F)cc(F)c2)c(F)c1. The van der Waals surface area contributed by atoms with Gasteiger partial charge in [0, 0.05) is 42.7 Å². The summed E-state index contributed by atoms with van der Waals surface area (Å²) in [5.41, 5.74) is 1.82. The van der Waals surface area contributed by atoms with Crippen molar-refractivity contribution in [3.05, 3.63) is 95.1 Å². The Labute approximate surface area is 182 Å². The fourth-order valence-corrected chi connectivity index (χ4v) is 4.44. The zero-order valence-electron chi connectivity index (χ0n) is 16.5. The number of amides is 1. The molecule has 0 atom stereocenters. The number of hydrogen-bond acceptors (Lipinski definition) is 5. The first-order valence-electron chi connectivity index (χ1n) is 9.28. The molecule has 11 heteroatoms. The second-order valence-electron chi connectivity index (χ2n) is 6.80. The summed E-state index contributed by atoms with van der Waals surface area (Å²) < 4.78 is 69.1. The molecular formula is C21H18F3N3O4S. The summed E-state index contributed by atoms with van der Waals surface area (Å²) in [6.45, 7) is -0.599. The number of hydroxylamine groups is 1. The molecule has 0 bridgehead atoms. The molecule has 0 aliphatic carbocycles. The van der Waals surface area contributed by atoms with Crippen molar-refractivity contribution in [1.82, 2.24) is 14.8 Å². The van der Waals surface area contributed by atoms with Crippen LogP contribution in [-0.4, -0.2) is 35.4 Å². The van der Waals surface area contributed by atoms with Gasteiger partial charge < -0.3 is 0 Å². The average molecular weight is 465 g/mol. The molecule has 3 aromatic rings. The Morgan fingerprint density at radius 1 is 1.06 bits per heavy atom. The maximum atomic E-state index is 14.6. The molecular weight excluding hydrogens is 447 g/mol. The molecule has 0 aliphatic rings. The molecule has 1 amide bonds. The van der Waals surface area contributed by atoms with E-state index in [9.17, 15) is 26.4 Å². The number of nitrogens with zero attached hydrogens (tertiary/aromatic N) is 2. The average Bonchev–Trinajstić information content (AvgIpc) is 2.76. The number of halogens is 3. The Kier molecular flexibility index (Phi) is 7.23. The fourth-order valence-electron chi connectivity index (χ4n) is 2.98. The maximum absolute atomic E-state index is 14.6. The monoisotopic (exact) mass is 465 g/mol. The van der Waals surface area contributed by atoms with Crippen molar-refractivity contribution in [1.29, 1.82) is 0 Å². The summed E-state index contributed by atoms with van der Waals surface area (Å²) in [6, 6.07) is 8.54. The molecule has 1 aromatic heterocycles. The van der Waals surface area contributed by atoms with Crippen molar-refractivity contribution in [2.24, 2.45) is 0 Å². The van der Waals surface area contributed by atoms with Crippen LogP contribution in [0.5, 0.6) is 0 Å². The van der Waals surface area contributed by atoms with E-state index in [2.05, 4.69) is 4.98 Å². The smallest absolute Gasteiger partial charge is 0.274 e. The summed E-state index contributed by atoms with van der Waals surface area (Å²) >= 11 is 0. The first kappa shape index (κ1) is 23.4. The third-order valence-corrected chi connectivity index (χ3v) is 6.43. The number of sulfonamides is 1. The molecule has 0 unspecified atom stereocenters. The Morgan fingerprint density at radius 3 is 2.38 bits per heavy atom. The van der Waals surface area contributed by atoms with E-state index in [0.29, 0.717) is 23.8 Å². The normalized spacial score (nSPS) is 11.5. The minimum absolute atomic E-state index is 0.0777. The molecule has 0 fully saturated rings. The summed E-state index contributed by atoms with van der Waals surface area (Å²) in [7, 11) is -4.42. The summed E-state index contributed by atoms with van der Waals surface area (Å²) in [5, 5.41) is 8.67. The number of rotatable bonds is 8. The number of benzene rings is 2. The highest BCUT2D eigenvalue weighted by Gasteiger charge is 2.27. The van der Waals surface area contributed by atoms with Gasteiger partial charge in [0.1, 0.15) is 17.5 Å². The lowest BCUT2D eigenvalue weighted by Gasteiger charge is -2.23. The van der Waals surface area contributed by atoms with Gasteiger partial charge in [-0.25, -0.2) is 27.1 Å². The number of nitrogens with one attached hydrogen (secondary N) is 1. The van der Waals surface area contributed by atoms with Gasteiger partial charge in [0.15, 0.2) is 0 Å². The van der Waals surface area contributed by atoms with Crippen LogP contribution >= 0.6 is 0 Å². The molecule has 168 valence electrons. The Bertz CT molecular complexity index is 1200. The van der Waals surface area contributed by atoms with Crippen LogP contribution in [0.4, 0.5) is 13.2 Å². The van der Waals surface area contributed by atoms with Crippen LogP contribution in [0.1, 0.15) is 21.5 Å². The van der Waals surface area contributed by atoms with Crippen molar-refractivity contribution >= 4 is 15.9 Å². The molecule has 7 nitrogen and oxygen atoms in total. The topological polar surface area (TPSA) is 99.6 Å². The fraction of sp³-hybridized carbons (Fsp3) is 0.143. The standard InChI is InChI=1S/C21H18F3N3O4S/c22-17-9-18(23)11-19(10-17)32(30,31)27(7-5-14-2-1-6-25-12-14)13-16-4-3-15(8-20(16)24)21(28)26-29/h1-4,6,8-12,29H,5,7,13H2,(H,26,28). The van der Waals surface area contributed by atoms with Crippen molar-refractivity contribution in [2.75, 3.05) is 6.54 Å². The van der Waals surface area contributed by atoms with E-state index >= 15 is 0 Å². The van der Waals surface area contributed by atoms with Crippen LogP contribution in [0.15, 0.2) is 65.8 Å². The lowest BCUT2D eigenvalue weighted by Crippen LogP contribution is -2.33. The van der Waals surface area contributed by atoms with E-state index in [0.717, 1.165) is 10.4 Å². The zero-order chi connectivity index (χ0) is 23.3. The molecule has 0 aliphatic heterocycles. The highest BCUT2D eigenvalue weighted by atomic mass is 32.2. The van der Waals surface area contributed by atoms with E-state index in [4.69, 9.17) is 5.21 Å². The lowest BCUT2D eigenvalue weighted by molar-refractivity contribution is 0.0706. The summed E-state index contributed by atoms with van der Waals surface area (Å²) in [5.74, 6) is -3.97. The van der Waals surface area contributed by atoms with Crippen molar-refractivity contribution in [3.63, 3.8) is 0 Å². The van der Waals surface area contributed by atoms with Gasteiger partial charge >= 0.3 is 0 Å². The molecule has 0 radical (unpaired) electrons. The predicted octanol–water partition coefficient (Wildman–Crippen LogP) is 3.05. The van der Waals surface area contributed by atoms with E-state index < -0.39 is 44.8 Å². The van der Waals surface area contributed by atoms with Crippen LogP contribution in [0, 0.1) is 17.5 Å². The van der Waals surface area contributed by atoms with Crippen molar-refractivity contribution in [2.45, 2.75) is 17.9 Å². The van der Waals surface area contributed by atoms with E-state index in [-0.39, 0.29) is 24.1 Å². The van der Waals surface area contributed by atoms with E-state index in [1.807, 2.05) is 0 Å². The van der Waals surface area contributed by atoms with Crippen LogP contribution < -0.4 is 5.48 Å². The van der Waals surface area contributed by atoms with Gasteiger partial charge in [-0.05, 0) is 42.3 Å². The lowest BCUT2D eigenvalue weighted by atomic mass is 10.1. The van der Waals surface area contributed by atoms with Crippen LogP contribution in [0.3, 0.4) is 0 Å². The molecule has 32 heavy (non-hydrogen) atoms. The van der Waals surface area contributed by atoms with Gasteiger partial charge in [-0.1, -0.05) is 12.1 Å². The molecule has 2 N–H and O–H groups in total. The summed E-state index contributed by atoms with van der Waals surface area (Å²) in [4.78, 5) is 14.8. The minimum atomic E-state index is -4.42. The number of hydrogen-bond donors (Lipinski definition) is 2. The molecule has 0 saturated heterocycles. The highest BCUT2D eigenvalue weighted by Crippen LogP contribution is 2.23. The van der Waals surface area contributed by atoms with Gasteiger partial charge in [-0.15, -0.1) is 0 Å². The molecule has 3 rings (SSSR count). The van der Waals surface area contributed by atoms with Crippen LogP contribution in [0.25, 0.3) is 0 Å². The van der Waals surface area contributed by atoms with Crippen molar-refractivity contribution < 1.29 is 31.6 Å². The Hall–Kier alpha value is -3.28. The maximum Gasteiger partial charge on any atom is 0.274 e. The molecule has 2 aromatic carbocycles.